The van der Waals surface area contributed by atoms with Crippen LogP contribution in [0, 0.1) is 13.8 Å². The summed E-state index contributed by atoms with van der Waals surface area (Å²) in [7, 11) is 0. The second-order valence-corrected chi connectivity index (χ2v) is 6.25. The molecule has 4 heteroatoms. The summed E-state index contributed by atoms with van der Waals surface area (Å²) in [5.74, 6) is 0. The van der Waals surface area contributed by atoms with Gasteiger partial charge in [0.05, 0.1) is 0 Å². The molecular weight excluding hydrogens is 252 g/mol. The Labute approximate surface area is 121 Å². The quantitative estimate of drug-likeness (QED) is 0.884. The number of rotatable bonds is 4. The minimum absolute atomic E-state index is 0.128. The van der Waals surface area contributed by atoms with Crippen molar-refractivity contribution in [3.63, 3.8) is 0 Å². The first-order valence-corrected chi connectivity index (χ1v) is 6.98. The van der Waals surface area contributed by atoms with Gasteiger partial charge in [0.15, 0.2) is 0 Å². The Bertz CT molecular complexity index is 464. The first-order chi connectivity index (χ1) is 9.17. The molecule has 1 aromatic rings. The van der Waals surface area contributed by atoms with Gasteiger partial charge in [0.25, 0.3) is 0 Å². The zero-order valence-electron chi connectivity index (χ0n) is 13.3. The van der Waals surface area contributed by atoms with E-state index in [0.717, 1.165) is 5.69 Å². The van der Waals surface area contributed by atoms with E-state index >= 15 is 0 Å². The van der Waals surface area contributed by atoms with Gasteiger partial charge in [0, 0.05) is 18.3 Å². The van der Waals surface area contributed by atoms with Crippen molar-refractivity contribution in [1.29, 1.82) is 0 Å². The summed E-state index contributed by atoms with van der Waals surface area (Å²) in [6, 6.07) is 6.41. The Balaban J connectivity index is 2.46. The van der Waals surface area contributed by atoms with Gasteiger partial charge in [0.1, 0.15) is 5.60 Å². The van der Waals surface area contributed by atoms with E-state index in [-0.39, 0.29) is 12.1 Å². The highest BCUT2D eigenvalue weighted by molar-refractivity contribution is 5.67. The molecule has 0 spiro atoms. The minimum Gasteiger partial charge on any atom is -0.444 e. The largest absolute Gasteiger partial charge is 0.444 e. The normalized spacial score (nSPS) is 12.7. The molecular formula is C16H26N2O2. The first kappa shape index (κ1) is 16.3. The van der Waals surface area contributed by atoms with Gasteiger partial charge in [-0.2, -0.15) is 0 Å². The Morgan fingerprint density at radius 1 is 1.30 bits per heavy atom. The molecule has 1 rings (SSSR count). The van der Waals surface area contributed by atoms with Gasteiger partial charge >= 0.3 is 6.09 Å². The summed E-state index contributed by atoms with van der Waals surface area (Å²) in [6.07, 6.45) is -0.382. The van der Waals surface area contributed by atoms with E-state index in [1.165, 1.54) is 11.1 Å². The number of anilines is 1. The average molecular weight is 278 g/mol. The monoisotopic (exact) mass is 278 g/mol. The highest BCUT2D eigenvalue weighted by Crippen LogP contribution is 2.17. The Morgan fingerprint density at radius 2 is 1.95 bits per heavy atom. The van der Waals surface area contributed by atoms with E-state index in [0.29, 0.717) is 6.54 Å². The molecule has 1 aromatic carbocycles. The number of hydrogen-bond acceptors (Lipinski definition) is 3. The first-order valence-electron chi connectivity index (χ1n) is 6.98. The second kappa shape index (κ2) is 6.64. The fraction of sp³-hybridized carbons (Fsp3) is 0.562. The van der Waals surface area contributed by atoms with Crippen molar-refractivity contribution >= 4 is 11.8 Å². The number of aryl methyl sites for hydroxylation is 2. The molecule has 4 nitrogen and oxygen atoms in total. The van der Waals surface area contributed by atoms with Gasteiger partial charge in [-0.3, -0.25) is 0 Å². The molecule has 0 aromatic heterocycles. The predicted octanol–water partition coefficient (Wildman–Crippen LogP) is 3.63. The van der Waals surface area contributed by atoms with Crippen molar-refractivity contribution in [3.05, 3.63) is 29.3 Å². The lowest BCUT2D eigenvalue weighted by Crippen LogP contribution is -2.38. The van der Waals surface area contributed by atoms with E-state index in [1.807, 2.05) is 27.7 Å². The van der Waals surface area contributed by atoms with Gasteiger partial charge < -0.3 is 15.4 Å². The van der Waals surface area contributed by atoms with E-state index in [1.54, 1.807) is 0 Å². The lowest BCUT2D eigenvalue weighted by atomic mass is 10.1. The molecule has 1 unspecified atom stereocenters. The molecule has 112 valence electrons. The Hall–Kier alpha value is -1.71. The topological polar surface area (TPSA) is 50.4 Å². The predicted molar refractivity (Wildman–Crippen MR) is 83.2 cm³/mol. The van der Waals surface area contributed by atoms with Crippen LogP contribution < -0.4 is 10.6 Å². The van der Waals surface area contributed by atoms with Crippen molar-refractivity contribution in [1.82, 2.24) is 5.32 Å². The van der Waals surface area contributed by atoms with E-state index in [2.05, 4.69) is 42.7 Å². The van der Waals surface area contributed by atoms with Gasteiger partial charge in [-0.05, 0) is 58.7 Å². The third-order valence-corrected chi connectivity index (χ3v) is 2.75. The van der Waals surface area contributed by atoms with Crippen LogP contribution in [0.1, 0.15) is 38.8 Å². The number of amides is 1. The highest BCUT2D eigenvalue weighted by atomic mass is 16.6. The smallest absolute Gasteiger partial charge is 0.407 e. The standard InChI is InChI=1S/C16H26N2O2/c1-11-7-8-12(2)14(9-11)18-13(3)10-17-15(19)20-16(4,5)6/h7-9,13,18H,10H2,1-6H3,(H,17,19). The number of benzene rings is 1. The van der Waals surface area contributed by atoms with Crippen molar-refractivity contribution in [3.8, 4) is 0 Å². The number of carbonyl (C=O) groups is 1. The lowest BCUT2D eigenvalue weighted by molar-refractivity contribution is 0.0526. The summed E-state index contributed by atoms with van der Waals surface area (Å²) in [6.45, 7) is 12.2. The maximum absolute atomic E-state index is 11.6. The third-order valence-electron chi connectivity index (χ3n) is 2.75. The molecule has 0 fully saturated rings. The summed E-state index contributed by atoms with van der Waals surface area (Å²) in [4.78, 5) is 11.6. The van der Waals surface area contributed by atoms with Crippen LogP contribution in [0.3, 0.4) is 0 Å². The Morgan fingerprint density at radius 3 is 2.55 bits per heavy atom. The molecule has 1 atom stereocenters. The molecule has 0 saturated carbocycles. The second-order valence-electron chi connectivity index (χ2n) is 6.25. The SMILES string of the molecule is Cc1ccc(C)c(NC(C)CNC(=O)OC(C)(C)C)c1. The highest BCUT2D eigenvalue weighted by Gasteiger charge is 2.16. The molecule has 0 heterocycles. The van der Waals surface area contributed by atoms with E-state index < -0.39 is 5.60 Å². The fourth-order valence-electron chi connectivity index (χ4n) is 1.76. The van der Waals surface area contributed by atoms with Crippen LogP contribution in [0.2, 0.25) is 0 Å². The molecule has 0 aliphatic rings. The van der Waals surface area contributed by atoms with Gasteiger partial charge in [-0.25, -0.2) is 4.79 Å². The van der Waals surface area contributed by atoms with Crippen LogP contribution in [0.4, 0.5) is 10.5 Å². The van der Waals surface area contributed by atoms with Crippen molar-refractivity contribution in [2.45, 2.75) is 53.2 Å². The number of ether oxygens (including phenoxy) is 1. The maximum Gasteiger partial charge on any atom is 0.407 e. The van der Waals surface area contributed by atoms with Crippen molar-refractivity contribution in [2.24, 2.45) is 0 Å². The molecule has 0 saturated heterocycles. The lowest BCUT2D eigenvalue weighted by Gasteiger charge is -2.22. The molecule has 0 aliphatic heterocycles. The van der Waals surface area contributed by atoms with Crippen molar-refractivity contribution < 1.29 is 9.53 Å². The number of nitrogens with one attached hydrogen (secondary N) is 2. The Kier molecular flexibility index (Phi) is 5.43. The van der Waals surface area contributed by atoms with Crippen LogP contribution in [0.25, 0.3) is 0 Å². The van der Waals surface area contributed by atoms with Gasteiger partial charge in [0.2, 0.25) is 0 Å². The van der Waals surface area contributed by atoms with Crippen LogP contribution in [-0.4, -0.2) is 24.3 Å². The van der Waals surface area contributed by atoms with E-state index in [9.17, 15) is 4.79 Å². The summed E-state index contributed by atoms with van der Waals surface area (Å²) >= 11 is 0. The van der Waals surface area contributed by atoms with Crippen molar-refractivity contribution in [2.75, 3.05) is 11.9 Å². The molecule has 2 N–H and O–H groups in total. The average Bonchev–Trinajstić information content (AvgIpc) is 2.29. The number of alkyl carbamates (subject to hydrolysis) is 1. The zero-order valence-corrected chi connectivity index (χ0v) is 13.3. The summed E-state index contributed by atoms with van der Waals surface area (Å²) in [5, 5.41) is 6.17. The van der Waals surface area contributed by atoms with Crippen LogP contribution in [0.15, 0.2) is 18.2 Å². The molecule has 20 heavy (non-hydrogen) atoms. The number of carbonyl (C=O) groups excluding carboxylic acids is 1. The van der Waals surface area contributed by atoms with Crippen LogP contribution in [0.5, 0.6) is 0 Å². The molecule has 1 amide bonds. The van der Waals surface area contributed by atoms with Gasteiger partial charge in [-0.1, -0.05) is 12.1 Å². The fourth-order valence-corrected chi connectivity index (χ4v) is 1.76. The van der Waals surface area contributed by atoms with Gasteiger partial charge in [-0.15, -0.1) is 0 Å². The summed E-state index contributed by atoms with van der Waals surface area (Å²) < 4.78 is 5.20. The number of hydrogen-bond donors (Lipinski definition) is 2. The molecule has 0 aliphatic carbocycles. The third kappa shape index (κ3) is 5.95. The summed E-state index contributed by atoms with van der Waals surface area (Å²) in [5.41, 5.74) is 3.04. The molecule has 0 bridgehead atoms. The molecule has 0 radical (unpaired) electrons. The van der Waals surface area contributed by atoms with Crippen LogP contribution in [-0.2, 0) is 4.74 Å². The van der Waals surface area contributed by atoms with E-state index in [4.69, 9.17) is 4.74 Å². The minimum atomic E-state index is -0.464. The zero-order chi connectivity index (χ0) is 15.3. The van der Waals surface area contributed by atoms with Crippen LogP contribution >= 0.6 is 0 Å². The maximum atomic E-state index is 11.6.